The van der Waals surface area contributed by atoms with Crippen LogP contribution in [0.5, 0.6) is 0 Å². The smallest absolute Gasteiger partial charge is 0.335 e. The number of anilines is 1. The molecule has 0 aliphatic rings. The van der Waals surface area contributed by atoms with Crippen molar-refractivity contribution in [2.24, 2.45) is 0 Å². The average molecular weight is 480 g/mol. The number of benzene rings is 4. The summed E-state index contributed by atoms with van der Waals surface area (Å²) in [6.45, 7) is 2.93. The first-order valence-electron chi connectivity index (χ1n) is 11.9. The maximum Gasteiger partial charge on any atom is 0.335 e. The molecule has 4 rings (SSSR count). The Morgan fingerprint density at radius 3 is 2.03 bits per heavy atom. The van der Waals surface area contributed by atoms with Crippen LogP contribution in [0.25, 0.3) is 0 Å². The van der Waals surface area contributed by atoms with Crippen LogP contribution in [-0.4, -0.2) is 17.0 Å². The van der Waals surface area contributed by atoms with Gasteiger partial charge in [-0.15, -0.1) is 0 Å². The summed E-state index contributed by atoms with van der Waals surface area (Å²) in [6.07, 6.45) is 0.408. The Kier molecular flexibility index (Phi) is 8.27. The predicted molar refractivity (Wildman–Crippen MR) is 141 cm³/mol. The Bertz CT molecular complexity index is 1320. The van der Waals surface area contributed by atoms with Gasteiger partial charge in [-0.3, -0.25) is 4.79 Å². The van der Waals surface area contributed by atoms with E-state index in [9.17, 15) is 14.7 Å². The Morgan fingerprint density at radius 2 is 1.33 bits per heavy atom. The van der Waals surface area contributed by atoms with E-state index in [1.54, 1.807) is 18.2 Å². The van der Waals surface area contributed by atoms with Crippen molar-refractivity contribution in [3.63, 3.8) is 0 Å². The summed E-state index contributed by atoms with van der Waals surface area (Å²) in [5.41, 5.74) is 5.59. The van der Waals surface area contributed by atoms with E-state index in [1.165, 1.54) is 0 Å². The molecule has 36 heavy (non-hydrogen) atoms. The Hall–Kier alpha value is -4.22. The highest BCUT2D eigenvalue weighted by Gasteiger charge is 2.18. The van der Waals surface area contributed by atoms with Crippen molar-refractivity contribution in [3.8, 4) is 0 Å². The molecule has 0 radical (unpaired) electrons. The van der Waals surface area contributed by atoms with Crippen LogP contribution in [0.3, 0.4) is 0 Å². The fourth-order valence-electron chi connectivity index (χ4n) is 4.04. The van der Waals surface area contributed by atoms with Crippen LogP contribution in [0.1, 0.15) is 51.0 Å². The SMILES string of the molecule is CC(C(=O)Nc1ccccc1Cc1ccccc1C(=O)O)c1ccc(COCc2ccccc2)cc1. The number of hydrogen-bond donors (Lipinski definition) is 2. The molecule has 0 bridgehead atoms. The van der Waals surface area contributed by atoms with Gasteiger partial charge < -0.3 is 15.2 Å². The average Bonchev–Trinajstić information content (AvgIpc) is 2.90. The molecule has 0 saturated heterocycles. The molecule has 4 aromatic rings. The molecule has 5 heteroatoms. The van der Waals surface area contributed by atoms with Gasteiger partial charge >= 0.3 is 5.97 Å². The van der Waals surface area contributed by atoms with Crippen molar-refractivity contribution in [2.45, 2.75) is 32.5 Å². The second-order valence-corrected chi connectivity index (χ2v) is 8.73. The first-order chi connectivity index (χ1) is 17.5. The number of ether oxygens (including phenoxy) is 1. The summed E-state index contributed by atoms with van der Waals surface area (Å²) in [4.78, 5) is 24.7. The van der Waals surface area contributed by atoms with Crippen LogP contribution < -0.4 is 5.32 Å². The molecular formula is C31H29NO4. The van der Waals surface area contributed by atoms with Gasteiger partial charge in [0.1, 0.15) is 0 Å². The van der Waals surface area contributed by atoms with Gasteiger partial charge in [0, 0.05) is 12.1 Å². The minimum Gasteiger partial charge on any atom is -0.478 e. The topological polar surface area (TPSA) is 75.6 Å². The molecule has 1 atom stereocenters. The van der Waals surface area contributed by atoms with E-state index in [1.807, 2.05) is 91.9 Å². The third-order valence-electron chi connectivity index (χ3n) is 6.16. The van der Waals surface area contributed by atoms with Crippen molar-refractivity contribution >= 4 is 17.6 Å². The molecule has 0 fully saturated rings. The molecule has 0 saturated carbocycles. The van der Waals surface area contributed by atoms with Crippen LogP contribution in [-0.2, 0) is 29.2 Å². The van der Waals surface area contributed by atoms with E-state index < -0.39 is 5.97 Å². The minimum absolute atomic E-state index is 0.123. The third-order valence-corrected chi connectivity index (χ3v) is 6.16. The summed E-state index contributed by atoms with van der Waals surface area (Å²) in [7, 11) is 0. The molecule has 1 unspecified atom stereocenters. The molecule has 0 spiro atoms. The number of rotatable bonds is 10. The van der Waals surface area contributed by atoms with Crippen LogP contribution in [0, 0.1) is 0 Å². The molecule has 0 heterocycles. The molecule has 4 aromatic carbocycles. The highest BCUT2D eigenvalue weighted by molar-refractivity contribution is 5.96. The molecule has 182 valence electrons. The van der Waals surface area contributed by atoms with E-state index in [2.05, 4.69) is 5.32 Å². The van der Waals surface area contributed by atoms with Gasteiger partial charge in [-0.25, -0.2) is 4.79 Å². The molecule has 0 aliphatic carbocycles. The van der Waals surface area contributed by atoms with Gasteiger partial charge in [0.25, 0.3) is 0 Å². The first-order valence-corrected chi connectivity index (χ1v) is 11.9. The van der Waals surface area contributed by atoms with Crippen molar-refractivity contribution in [1.29, 1.82) is 0 Å². The lowest BCUT2D eigenvalue weighted by Gasteiger charge is -2.16. The second-order valence-electron chi connectivity index (χ2n) is 8.73. The van der Waals surface area contributed by atoms with E-state index in [0.717, 1.165) is 22.3 Å². The zero-order chi connectivity index (χ0) is 25.3. The van der Waals surface area contributed by atoms with E-state index in [4.69, 9.17) is 4.74 Å². The lowest BCUT2D eigenvalue weighted by molar-refractivity contribution is -0.117. The van der Waals surface area contributed by atoms with Crippen LogP contribution >= 0.6 is 0 Å². The predicted octanol–water partition coefficient (Wildman–Crippen LogP) is 6.43. The maximum absolute atomic E-state index is 13.1. The Labute approximate surface area is 211 Å². The van der Waals surface area contributed by atoms with Crippen molar-refractivity contribution < 1.29 is 19.4 Å². The summed E-state index contributed by atoms with van der Waals surface area (Å²) in [5.74, 6) is -1.44. The first kappa shape index (κ1) is 24.9. The van der Waals surface area contributed by atoms with Crippen LogP contribution in [0.15, 0.2) is 103 Å². The Morgan fingerprint density at radius 1 is 0.750 bits per heavy atom. The highest BCUT2D eigenvalue weighted by Crippen LogP contribution is 2.24. The number of amides is 1. The third kappa shape index (κ3) is 6.46. The van der Waals surface area contributed by atoms with Crippen molar-refractivity contribution in [2.75, 3.05) is 5.32 Å². The number of carboxylic acid groups (broad SMARTS) is 1. The fourth-order valence-corrected chi connectivity index (χ4v) is 4.04. The summed E-state index contributed by atoms with van der Waals surface area (Å²) in [6, 6.07) is 32.4. The number of carbonyl (C=O) groups excluding carboxylic acids is 1. The molecule has 1 amide bonds. The fraction of sp³-hybridized carbons (Fsp3) is 0.161. The largest absolute Gasteiger partial charge is 0.478 e. The standard InChI is InChI=1S/C31H29NO4/c1-22(25-17-15-24(16-18-25)21-36-20-23-9-3-2-4-10-23)30(33)32-29-14-8-6-12-27(29)19-26-11-5-7-13-28(26)31(34)35/h2-18,22H,19-21H2,1H3,(H,32,33)(H,34,35). The molecular weight excluding hydrogens is 450 g/mol. The molecule has 0 aliphatic heterocycles. The summed E-state index contributed by atoms with van der Waals surface area (Å²) < 4.78 is 5.80. The lowest BCUT2D eigenvalue weighted by Crippen LogP contribution is -2.20. The van der Waals surface area contributed by atoms with Gasteiger partial charge in [0.05, 0.1) is 24.7 Å². The van der Waals surface area contributed by atoms with Gasteiger partial charge in [0.15, 0.2) is 0 Å². The van der Waals surface area contributed by atoms with E-state index in [-0.39, 0.29) is 17.4 Å². The van der Waals surface area contributed by atoms with Crippen LogP contribution in [0.2, 0.25) is 0 Å². The number of hydrogen-bond acceptors (Lipinski definition) is 3. The quantitative estimate of drug-likeness (QED) is 0.275. The number of aromatic carboxylic acids is 1. The summed E-state index contributed by atoms with van der Waals surface area (Å²) >= 11 is 0. The van der Waals surface area contributed by atoms with Crippen molar-refractivity contribution in [3.05, 3.63) is 137 Å². The van der Waals surface area contributed by atoms with Gasteiger partial charge in [-0.1, -0.05) is 91.0 Å². The van der Waals surface area contributed by atoms with Crippen molar-refractivity contribution in [1.82, 2.24) is 0 Å². The molecule has 5 nitrogen and oxygen atoms in total. The van der Waals surface area contributed by atoms with Gasteiger partial charge in [-0.05, 0) is 46.9 Å². The maximum atomic E-state index is 13.1. The summed E-state index contributed by atoms with van der Waals surface area (Å²) in [5, 5.41) is 12.5. The molecule has 2 N–H and O–H groups in total. The number of carbonyl (C=O) groups is 2. The lowest BCUT2D eigenvalue weighted by atomic mass is 9.97. The zero-order valence-corrected chi connectivity index (χ0v) is 20.2. The second kappa shape index (κ2) is 12.0. The number of para-hydroxylation sites is 1. The minimum atomic E-state index is -0.963. The van der Waals surface area contributed by atoms with Gasteiger partial charge in [0.2, 0.25) is 5.91 Å². The Balaban J connectivity index is 1.38. The zero-order valence-electron chi connectivity index (χ0n) is 20.2. The van der Waals surface area contributed by atoms with E-state index >= 15 is 0 Å². The molecule has 0 aromatic heterocycles. The highest BCUT2D eigenvalue weighted by atomic mass is 16.5. The normalized spacial score (nSPS) is 11.6. The number of carboxylic acids is 1. The monoisotopic (exact) mass is 479 g/mol. The van der Waals surface area contributed by atoms with E-state index in [0.29, 0.717) is 30.9 Å². The number of nitrogens with one attached hydrogen (secondary N) is 1. The van der Waals surface area contributed by atoms with Crippen LogP contribution in [0.4, 0.5) is 5.69 Å². The van der Waals surface area contributed by atoms with Gasteiger partial charge in [-0.2, -0.15) is 0 Å².